The molecule has 0 bridgehead atoms. The molecule has 4 rings (SSSR count). The molecule has 0 spiro atoms. The summed E-state index contributed by atoms with van der Waals surface area (Å²) in [5.41, 5.74) is 3.59. The van der Waals surface area contributed by atoms with Gasteiger partial charge in [-0.2, -0.15) is 5.10 Å². The van der Waals surface area contributed by atoms with Crippen molar-refractivity contribution in [2.45, 2.75) is 38.9 Å². The van der Waals surface area contributed by atoms with Crippen LogP contribution in [0.1, 0.15) is 36.0 Å². The Balaban J connectivity index is 1.49. The predicted molar refractivity (Wildman–Crippen MR) is 90.0 cm³/mol. The number of nitrogens with zero attached hydrogens (tertiary/aromatic N) is 5. The molecule has 0 N–H and O–H groups in total. The maximum Gasteiger partial charge on any atom is 0.0776 e. The van der Waals surface area contributed by atoms with Gasteiger partial charge >= 0.3 is 0 Å². The fourth-order valence-electron chi connectivity index (χ4n) is 3.90. The summed E-state index contributed by atoms with van der Waals surface area (Å²) in [7, 11) is 0. The molecular weight excluding hydrogens is 286 g/mol. The van der Waals surface area contributed by atoms with Crippen molar-refractivity contribution in [3.8, 4) is 0 Å². The third kappa shape index (κ3) is 3.31. The number of hydrogen-bond donors (Lipinski definition) is 0. The lowest BCUT2D eigenvalue weighted by molar-refractivity contribution is 0.137. The first-order valence-electron chi connectivity index (χ1n) is 8.67. The Morgan fingerprint density at radius 3 is 2.83 bits per heavy atom. The fourth-order valence-corrected chi connectivity index (χ4v) is 3.90. The summed E-state index contributed by atoms with van der Waals surface area (Å²) in [6.07, 6.45) is 4.63. The topological polar surface area (TPSA) is 37.2 Å². The third-order valence-corrected chi connectivity index (χ3v) is 4.95. The first-order chi connectivity index (χ1) is 11.3. The van der Waals surface area contributed by atoms with Crippen molar-refractivity contribution in [3.63, 3.8) is 0 Å². The Kier molecular flexibility index (Phi) is 4.14. The molecule has 1 unspecified atom stereocenters. The van der Waals surface area contributed by atoms with Gasteiger partial charge in [0.05, 0.1) is 17.4 Å². The van der Waals surface area contributed by atoms with Crippen LogP contribution < -0.4 is 0 Å². The average Bonchev–Trinajstić information content (AvgIpc) is 3.18. The van der Waals surface area contributed by atoms with E-state index in [1.165, 1.54) is 31.6 Å². The molecule has 5 heteroatoms. The predicted octanol–water partition coefficient (Wildman–Crippen LogP) is 2.24. The van der Waals surface area contributed by atoms with Gasteiger partial charge in [-0.1, -0.05) is 6.07 Å². The van der Waals surface area contributed by atoms with Crippen LogP contribution in [0.2, 0.25) is 0 Å². The number of rotatable bonds is 4. The zero-order valence-corrected chi connectivity index (χ0v) is 13.9. The second-order valence-electron chi connectivity index (χ2n) is 6.87. The molecule has 4 heterocycles. The van der Waals surface area contributed by atoms with Crippen LogP contribution in [-0.2, 0) is 13.1 Å². The molecule has 2 aliphatic heterocycles. The molecule has 1 fully saturated rings. The number of aromatic nitrogens is 3. The van der Waals surface area contributed by atoms with Crippen LogP contribution in [0.4, 0.5) is 0 Å². The van der Waals surface area contributed by atoms with E-state index in [0.29, 0.717) is 6.04 Å². The van der Waals surface area contributed by atoms with Crippen LogP contribution in [0.5, 0.6) is 0 Å². The summed E-state index contributed by atoms with van der Waals surface area (Å²) in [5.74, 6) is 0. The van der Waals surface area contributed by atoms with Gasteiger partial charge in [0, 0.05) is 38.1 Å². The van der Waals surface area contributed by atoms with E-state index in [2.05, 4.69) is 55.8 Å². The lowest BCUT2D eigenvalue weighted by Crippen LogP contribution is -2.42. The lowest BCUT2D eigenvalue weighted by Gasteiger charge is -2.35. The van der Waals surface area contributed by atoms with Gasteiger partial charge in [0.2, 0.25) is 0 Å². The Bertz CT molecular complexity index is 659. The highest BCUT2D eigenvalue weighted by Crippen LogP contribution is 2.23. The summed E-state index contributed by atoms with van der Waals surface area (Å²) >= 11 is 0. The smallest absolute Gasteiger partial charge is 0.0776 e. The molecule has 23 heavy (non-hydrogen) atoms. The zero-order valence-electron chi connectivity index (χ0n) is 13.9. The minimum atomic E-state index is 0.455. The molecule has 0 amide bonds. The van der Waals surface area contributed by atoms with Crippen LogP contribution in [-0.4, -0.2) is 50.7 Å². The highest BCUT2D eigenvalue weighted by atomic mass is 15.4. The first kappa shape index (κ1) is 14.8. The first-order valence-corrected chi connectivity index (χ1v) is 8.67. The second-order valence-corrected chi connectivity index (χ2v) is 6.87. The minimum Gasteiger partial charge on any atom is -0.301 e. The second kappa shape index (κ2) is 6.42. The van der Waals surface area contributed by atoms with Crippen LogP contribution >= 0.6 is 0 Å². The largest absolute Gasteiger partial charge is 0.301 e. The maximum atomic E-state index is 4.66. The van der Waals surface area contributed by atoms with E-state index >= 15 is 0 Å². The number of fused-ring (bicyclic) bond motifs is 1. The fraction of sp³-hybridized carbons (Fsp3) is 0.556. The molecule has 5 nitrogen and oxygen atoms in total. The summed E-state index contributed by atoms with van der Waals surface area (Å²) in [6, 6.07) is 8.91. The van der Waals surface area contributed by atoms with Crippen molar-refractivity contribution in [2.24, 2.45) is 0 Å². The minimum absolute atomic E-state index is 0.455. The van der Waals surface area contributed by atoms with E-state index in [0.717, 1.165) is 37.6 Å². The summed E-state index contributed by atoms with van der Waals surface area (Å²) < 4.78 is 2.25. The number of pyridine rings is 1. The van der Waals surface area contributed by atoms with E-state index < -0.39 is 0 Å². The van der Waals surface area contributed by atoms with Gasteiger partial charge in [0.25, 0.3) is 0 Å². The molecule has 1 atom stereocenters. The standard InChI is InChI=1S/C18H25N5/c1-15-5-4-6-16(20-15)11-22-12-17-7-8-19-23(17)18(14-22)13-21-9-2-3-10-21/h4-8,18H,2-3,9-14H2,1H3. The highest BCUT2D eigenvalue weighted by Gasteiger charge is 2.28. The summed E-state index contributed by atoms with van der Waals surface area (Å²) in [6.45, 7) is 8.60. The van der Waals surface area contributed by atoms with E-state index in [9.17, 15) is 0 Å². The quantitative estimate of drug-likeness (QED) is 0.868. The number of aryl methyl sites for hydroxylation is 1. The number of hydrogen-bond acceptors (Lipinski definition) is 4. The van der Waals surface area contributed by atoms with Gasteiger partial charge in [0.15, 0.2) is 0 Å². The Labute approximate surface area is 137 Å². The van der Waals surface area contributed by atoms with Crippen LogP contribution in [0.25, 0.3) is 0 Å². The molecular formula is C18H25N5. The average molecular weight is 311 g/mol. The van der Waals surface area contributed by atoms with Gasteiger partial charge in [-0.25, -0.2) is 0 Å². The van der Waals surface area contributed by atoms with E-state index in [-0.39, 0.29) is 0 Å². The van der Waals surface area contributed by atoms with Gasteiger partial charge in [-0.05, 0) is 51.1 Å². The van der Waals surface area contributed by atoms with Crippen molar-refractivity contribution < 1.29 is 0 Å². The molecule has 2 aliphatic rings. The third-order valence-electron chi connectivity index (χ3n) is 4.95. The summed E-state index contributed by atoms with van der Waals surface area (Å²) in [4.78, 5) is 9.77. The molecule has 122 valence electrons. The van der Waals surface area contributed by atoms with Crippen molar-refractivity contribution in [1.29, 1.82) is 0 Å². The Morgan fingerprint density at radius 2 is 2.00 bits per heavy atom. The van der Waals surface area contributed by atoms with E-state index in [4.69, 9.17) is 0 Å². The lowest BCUT2D eigenvalue weighted by atomic mass is 10.1. The van der Waals surface area contributed by atoms with Crippen molar-refractivity contribution in [2.75, 3.05) is 26.2 Å². The number of likely N-dealkylation sites (tertiary alicyclic amines) is 1. The van der Waals surface area contributed by atoms with Gasteiger partial charge in [0.1, 0.15) is 0 Å². The van der Waals surface area contributed by atoms with Gasteiger partial charge in [-0.15, -0.1) is 0 Å². The van der Waals surface area contributed by atoms with E-state index in [1.807, 2.05) is 6.20 Å². The molecule has 0 aliphatic carbocycles. The SMILES string of the molecule is Cc1cccc(CN2Cc3ccnn3C(CN3CCCC3)C2)n1. The molecule has 0 radical (unpaired) electrons. The van der Waals surface area contributed by atoms with Gasteiger partial charge < -0.3 is 4.90 Å². The molecule has 0 aromatic carbocycles. The van der Waals surface area contributed by atoms with Crippen molar-refractivity contribution in [3.05, 3.63) is 47.5 Å². The normalized spacial score (nSPS) is 22.4. The molecule has 1 saturated heterocycles. The summed E-state index contributed by atoms with van der Waals surface area (Å²) in [5, 5.41) is 4.58. The Hall–Kier alpha value is -1.72. The van der Waals surface area contributed by atoms with Crippen LogP contribution in [0.15, 0.2) is 30.5 Å². The molecule has 0 saturated carbocycles. The highest BCUT2D eigenvalue weighted by molar-refractivity contribution is 5.11. The zero-order chi connectivity index (χ0) is 15.6. The maximum absolute atomic E-state index is 4.66. The Morgan fingerprint density at radius 1 is 1.13 bits per heavy atom. The monoisotopic (exact) mass is 311 g/mol. The van der Waals surface area contributed by atoms with Crippen molar-refractivity contribution in [1.82, 2.24) is 24.6 Å². The van der Waals surface area contributed by atoms with Crippen LogP contribution in [0, 0.1) is 6.92 Å². The van der Waals surface area contributed by atoms with E-state index in [1.54, 1.807) is 0 Å². The van der Waals surface area contributed by atoms with Crippen LogP contribution in [0.3, 0.4) is 0 Å². The van der Waals surface area contributed by atoms with Gasteiger partial charge in [-0.3, -0.25) is 14.6 Å². The molecule has 2 aromatic heterocycles. The van der Waals surface area contributed by atoms with Crippen molar-refractivity contribution >= 4 is 0 Å². The molecule has 2 aromatic rings.